The van der Waals surface area contributed by atoms with Crippen LogP contribution in [-0.2, 0) is 5.60 Å². The molecule has 0 saturated carbocycles. The molecule has 1 aliphatic rings. The molecule has 2 atom stereocenters. The largest absolute Gasteiger partial charge is 0.481 e. The number of nitrogens with zero attached hydrogens (tertiary/aromatic N) is 3. The lowest BCUT2D eigenvalue weighted by atomic mass is 9.71. The Morgan fingerprint density at radius 1 is 1.00 bits per heavy atom. The zero-order chi connectivity index (χ0) is 28.8. The topological polar surface area (TPSA) is 48.8 Å². The van der Waals surface area contributed by atoms with E-state index in [9.17, 15) is 5.11 Å². The van der Waals surface area contributed by atoms with Crippen LogP contribution >= 0.6 is 15.9 Å². The van der Waals surface area contributed by atoms with E-state index in [4.69, 9.17) is 9.72 Å². The zero-order valence-electron chi connectivity index (χ0n) is 24.5. The van der Waals surface area contributed by atoms with Crippen LogP contribution < -0.4 is 4.74 Å². The number of likely N-dealkylation sites (tertiary alicyclic amines) is 1. The summed E-state index contributed by atoms with van der Waals surface area (Å²) in [6.45, 7) is 3.36. The first-order valence-electron chi connectivity index (χ1n) is 14.7. The molecule has 0 spiro atoms. The number of benzene rings is 3. The Bertz CT molecular complexity index is 1410. The molecule has 1 saturated heterocycles. The van der Waals surface area contributed by atoms with Gasteiger partial charge in [0.2, 0.25) is 5.88 Å². The van der Waals surface area contributed by atoms with Crippen molar-refractivity contribution in [3.05, 3.63) is 106 Å². The average Bonchev–Trinajstić information content (AvgIpc) is 3.00. The summed E-state index contributed by atoms with van der Waals surface area (Å²) in [5.74, 6) is 0.175. The van der Waals surface area contributed by atoms with Crippen molar-refractivity contribution in [2.45, 2.75) is 49.7 Å². The third-order valence-electron chi connectivity index (χ3n) is 8.79. The Morgan fingerprint density at radius 2 is 1.68 bits per heavy atom. The van der Waals surface area contributed by atoms with Crippen molar-refractivity contribution < 1.29 is 9.84 Å². The van der Waals surface area contributed by atoms with E-state index in [0.717, 1.165) is 51.5 Å². The van der Waals surface area contributed by atoms with E-state index < -0.39 is 5.60 Å². The maximum absolute atomic E-state index is 12.9. The molecule has 1 aliphatic heterocycles. The number of aliphatic hydroxyl groups is 1. The Labute approximate surface area is 253 Å². The molecule has 2 unspecified atom stereocenters. The molecule has 1 aromatic heterocycles. The number of fused-ring (bicyclic) bond motifs is 1. The van der Waals surface area contributed by atoms with Gasteiger partial charge in [0.1, 0.15) is 5.60 Å². The van der Waals surface area contributed by atoms with Gasteiger partial charge in [-0.3, -0.25) is 0 Å². The van der Waals surface area contributed by atoms with Crippen molar-refractivity contribution in [1.82, 2.24) is 14.8 Å². The first kappa shape index (κ1) is 29.7. The second-order valence-electron chi connectivity index (χ2n) is 11.5. The van der Waals surface area contributed by atoms with E-state index in [0.29, 0.717) is 18.3 Å². The third-order valence-corrected chi connectivity index (χ3v) is 9.28. The highest BCUT2D eigenvalue weighted by Gasteiger charge is 2.42. The summed E-state index contributed by atoms with van der Waals surface area (Å²) >= 11 is 3.62. The first-order chi connectivity index (χ1) is 19.9. The maximum Gasteiger partial charge on any atom is 0.217 e. The highest BCUT2D eigenvalue weighted by molar-refractivity contribution is 9.10. The SMILES string of the molecule is COc1nc2ccc(Br)cc2cc1C(c1ccccc1)C(O)(CCCCN(C)C1CCN(C)CC1)c1ccccc1. The minimum Gasteiger partial charge on any atom is -0.481 e. The average molecular weight is 617 g/mol. The van der Waals surface area contributed by atoms with Crippen LogP contribution in [0.2, 0.25) is 0 Å². The molecular formula is C35H42BrN3O2. The molecule has 1 fully saturated rings. The number of methoxy groups -OCH3 is 1. The number of pyridine rings is 1. The van der Waals surface area contributed by atoms with Crippen molar-refractivity contribution in [1.29, 1.82) is 0 Å². The van der Waals surface area contributed by atoms with E-state index >= 15 is 0 Å². The minimum absolute atomic E-state index is 0.372. The molecule has 0 aliphatic carbocycles. The Hall–Kier alpha value is -2.77. The quantitative estimate of drug-likeness (QED) is 0.180. The molecule has 1 N–H and O–H groups in total. The summed E-state index contributed by atoms with van der Waals surface area (Å²) in [5, 5.41) is 13.9. The number of rotatable bonds is 11. The molecular weight excluding hydrogens is 574 g/mol. The summed E-state index contributed by atoms with van der Waals surface area (Å²) in [5.41, 5.74) is 2.54. The summed E-state index contributed by atoms with van der Waals surface area (Å²) in [4.78, 5) is 9.85. The van der Waals surface area contributed by atoms with Crippen LogP contribution in [0.15, 0.2) is 89.4 Å². The highest BCUT2D eigenvalue weighted by atomic mass is 79.9. The Kier molecular flexibility index (Phi) is 9.76. The predicted octanol–water partition coefficient (Wildman–Crippen LogP) is 7.22. The van der Waals surface area contributed by atoms with Gasteiger partial charge in [0, 0.05) is 27.4 Å². The molecule has 0 amide bonds. The summed E-state index contributed by atoms with van der Waals surface area (Å²) in [7, 11) is 6.14. The highest BCUT2D eigenvalue weighted by Crippen LogP contribution is 2.48. The summed E-state index contributed by atoms with van der Waals surface area (Å²) < 4.78 is 6.90. The van der Waals surface area contributed by atoms with Gasteiger partial charge < -0.3 is 19.6 Å². The maximum atomic E-state index is 12.9. The van der Waals surface area contributed by atoms with Crippen LogP contribution in [0.4, 0.5) is 0 Å². The normalized spacial score (nSPS) is 17.0. The monoisotopic (exact) mass is 615 g/mol. The number of unbranched alkanes of at least 4 members (excludes halogenated alkanes) is 1. The fourth-order valence-corrected chi connectivity index (χ4v) is 6.81. The number of piperidine rings is 1. The van der Waals surface area contributed by atoms with Crippen LogP contribution in [-0.4, -0.2) is 66.8 Å². The molecule has 4 aromatic rings. The lowest BCUT2D eigenvalue weighted by Crippen LogP contribution is -2.42. The van der Waals surface area contributed by atoms with Gasteiger partial charge in [0.05, 0.1) is 12.6 Å². The minimum atomic E-state index is -1.16. The fraction of sp³-hybridized carbons (Fsp3) is 0.400. The lowest BCUT2D eigenvalue weighted by molar-refractivity contribution is 0.00627. The van der Waals surface area contributed by atoms with E-state index in [2.05, 4.69) is 76.2 Å². The van der Waals surface area contributed by atoms with Crippen LogP contribution in [0.1, 0.15) is 54.7 Å². The molecule has 3 aromatic carbocycles. The number of hydrogen-bond acceptors (Lipinski definition) is 5. The summed E-state index contributed by atoms with van der Waals surface area (Å²) in [6.07, 6.45) is 5.00. The standard InChI is InChI=1S/C35H42BrN3O2/c1-38-22-18-30(19-23-38)39(2)21-11-10-20-35(40,28-14-8-5-9-15-28)33(26-12-6-4-7-13-26)31-25-27-24-29(36)16-17-32(27)37-34(31)41-3/h4-9,12-17,24-25,30,33,40H,10-11,18-23H2,1-3H3. The first-order valence-corrected chi connectivity index (χ1v) is 15.5. The number of hydrogen-bond donors (Lipinski definition) is 1. The Balaban J connectivity index is 1.50. The van der Waals surface area contributed by atoms with Crippen LogP contribution in [0.3, 0.4) is 0 Å². The van der Waals surface area contributed by atoms with Crippen molar-refractivity contribution in [3.8, 4) is 5.88 Å². The smallest absolute Gasteiger partial charge is 0.217 e. The van der Waals surface area contributed by atoms with E-state index in [-0.39, 0.29) is 5.92 Å². The third kappa shape index (κ3) is 6.83. The molecule has 5 rings (SSSR count). The molecule has 0 radical (unpaired) electrons. The fourth-order valence-electron chi connectivity index (χ4n) is 6.43. The van der Waals surface area contributed by atoms with Gasteiger partial charge in [-0.15, -0.1) is 0 Å². The molecule has 6 heteroatoms. The van der Waals surface area contributed by atoms with Crippen LogP contribution in [0, 0.1) is 0 Å². The van der Waals surface area contributed by atoms with Gasteiger partial charge in [0.15, 0.2) is 0 Å². The van der Waals surface area contributed by atoms with Crippen molar-refractivity contribution in [3.63, 3.8) is 0 Å². The molecule has 41 heavy (non-hydrogen) atoms. The molecule has 2 heterocycles. The van der Waals surface area contributed by atoms with Gasteiger partial charge in [0.25, 0.3) is 0 Å². The van der Waals surface area contributed by atoms with E-state index in [1.807, 2.05) is 48.5 Å². The lowest BCUT2D eigenvalue weighted by Gasteiger charge is -2.39. The summed E-state index contributed by atoms with van der Waals surface area (Å²) in [6, 6.07) is 29.3. The zero-order valence-corrected chi connectivity index (χ0v) is 26.1. The van der Waals surface area contributed by atoms with Crippen LogP contribution in [0.25, 0.3) is 10.9 Å². The van der Waals surface area contributed by atoms with Crippen molar-refractivity contribution >= 4 is 26.8 Å². The second kappa shape index (κ2) is 13.5. The van der Waals surface area contributed by atoms with Crippen LogP contribution in [0.5, 0.6) is 5.88 Å². The van der Waals surface area contributed by atoms with E-state index in [1.54, 1.807) is 7.11 Å². The van der Waals surface area contributed by atoms with Crippen molar-refractivity contribution in [2.75, 3.05) is 40.8 Å². The van der Waals surface area contributed by atoms with Gasteiger partial charge >= 0.3 is 0 Å². The second-order valence-corrected chi connectivity index (χ2v) is 12.4. The van der Waals surface area contributed by atoms with Gasteiger partial charge in [-0.25, -0.2) is 4.98 Å². The number of halogens is 1. The number of aromatic nitrogens is 1. The predicted molar refractivity (Wildman–Crippen MR) is 172 cm³/mol. The van der Waals surface area contributed by atoms with Crippen molar-refractivity contribution in [2.24, 2.45) is 0 Å². The number of ether oxygens (including phenoxy) is 1. The molecule has 0 bridgehead atoms. The van der Waals surface area contributed by atoms with Gasteiger partial charge in [-0.05, 0) is 101 Å². The molecule has 216 valence electrons. The Morgan fingerprint density at radius 3 is 2.37 bits per heavy atom. The molecule has 5 nitrogen and oxygen atoms in total. The van der Waals surface area contributed by atoms with E-state index in [1.165, 1.54) is 25.9 Å². The van der Waals surface area contributed by atoms with Gasteiger partial charge in [-0.1, -0.05) is 76.6 Å². The van der Waals surface area contributed by atoms with Gasteiger partial charge in [-0.2, -0.15) is 0 Å².